The molecular weight excluding hydrogens is 449 g/mol. The van der Waals surface area contributed by atoms with Crippen molar-refractivity contribution in [3.63, 3.8) is 0 Å². The number of benzene rings is 1. The standard InChI is InChI=1S/C23H36N2OS4/c1-5-6-8-13-19(25-20(26)30-29-18-11-9-7-10-12-18)23(4)15-17(24-21(27)28)14-22(2,3)16-23/h7,9-12,17,19H,5-6,8,13-16H2,1-4H3,(H,25,26)(H2,24,27,28). The summed E-state index contributed by atoms with van der Waals surface area (Å²) in [6.45, 7) is 9.21. The largest absolute Gasteiger partial charge is 0.368 e. The number of amides is 1. The highest BCUT2D eigenvalue weighted by Gasteiger charge is 2.46. The molecule has 1 aromatic carbocycles. The Hall–Kier alpha value is -0.370. The fourth-order valence-corrected chi connectivity index (χ4v) is 6.98. The predicted molar refractivity (Wildman–Crippen MR) is 141 cm³/mol. The smallest absolute Gasteiger partial charge is 0.290 e. The van der Waals surface area contributed by atoms with Crippen LogP contribution in [0.3, 0.4) is 0 Å². The van der Waals surface area contributed by atoms with E-state index in [0.717, 1.165) is 37.0 Å². The van der Waals surface area contributed by atoms with Gasteiger partial charge in [-0.15, -0.1) is 12.6 Å². The molecule has 0 heterocycles. The second-order valence-electron chi connectivity index (χ2n) is 9.51. The molecule has 1 aliphatic rings. The molecule has 2 rings (SSSR count). The summed E-state index contributed by atoms with van der Waals surface area (Å²) >= 11 is 9.51. The number of carbonyl (C=O) groups is 1. The van der Waals surface area contributed by atoms with E-state index in [0.29, 0.717) is 10.4 Å². The third-order valence-corrected chi connectivity index (χ3v) is 8.25. The molecule has 3 nitrogen and oxygen atoms in total. The first-order chi connectivity index (χ1) is 14.1. The summed E-state index contributed by atoms with van der Waals surface area (Å²) in [5, 5.41) is 6.83. The SMILES string of the molecule is CCCCCC(NC(=O)SSc1ccccc1)C1(C)CC(NC(=S)S)CC(C)(C)C1. The molecular formula is C23H36N2OS4. The fourth-order valence-electron chi connectivity index (χ4n) is 5.00. The summed E-state index contributed by atoms with van der Waals surface area (Å²) < 4.78 is 0.557. The lowest BCUT2D eigenvalue weighted by Gasteiger charge is -2.50. The zero-order valence-corrected chi connectivity index (χ0v) is 21.9. The van der Waals surface area contributed by atoms with Gasteiger partial charge < -0.3 is 10.6 Å². The van der Waals surface area contributed by atoms with E-state index in [1.54, 1.807) is 0 Å². The lowest BCUT2D eigenvalue weighted by atomic mass is 9.59. The Labute approximate surface area is 201 Å². The molecule has 30 heavy (non-hydrogen) atoms. The maximum absolute atomic E-state index is 12.8. The molecule has 1 amide bonds. The number of nitrogens with one attached hydrogen (secondary N) is 2. The van der Waals surface area contributed by atoms with Crippen molar-refractivity contribution in [3.8, 4) is 0 Å². The molecule has 0 spiro atoms. The van der Waals surface area contributed by atoms with Crippen LogP contribution in [0, 0.1) is 10.8 Å². The van der Waals surface area contributed by atoms with Gasteiger partial charge in [-0.2, -0.15) is 0 Å². The van der Waals surface area contributed by atoms with E-state index >= 15 is 0 Å². The molecule has 0 bridgehead atoms. The predicted octanol–water partition coefficient (Wildman–Crippen LogP) is 7.47. The Balaban J connectivity index is 2.10. The van der Waals surface area contributed by atoms with Crippen molar-refractivity contribution in [2.45, 2.75) is 89.6 Å². The van der Waals surface area contributed by atoms with Crippen molar-refractivity contribution < 1.29 is 4.79 Å². The molecule has 2 N–H and O–H groups in total. The van der Waals surface area contributed by atoms with Gasteiger partial charge in [0.2, 0.25) is 0 Å². The molecule has 3 unspecified atom stereocenters. The van der Waals surface area contributed by atoms with Crippen LogP contribution in [-0.2, 0) is 0 Å². The van der Waals surface area contributed by atoms with E-state index in [4.69, 9.17) is 12.2 Å². The molecule has 1 aromatic rings. The highest BCUT2D eigenvalue weighted by atomic mass is 33.1. The van der Waals surface area contributed by atoms with Gasteiger partial charge in [0.15, 0.2) is 0 Å². The van der Waals surface area contributed by atoms with Crippen LogP contribution < -0.4 is 10.6 Å². The number of thiocarbonyl (C=S) groups is 1. The van der Waals surface area contributed by atoms with Crippen LogP contribution >= 0.6 is 46.4 Å². The number of unbranched alkanes of at least 4 members (excludes halogenated alkanes) is 2. The Morgan fingerprint density at radius 2 is 1.93 bits per heavy atom. The van der Waals surface area contributed by atoms with Gasteiger partial charge in [-0.25, -0.2) is 0 Å². The molecule has 3 atom stereocenters. The number of carbonyl (C=O) groups excluding carboxylic acids is 1. The molecule has 1 saturated carbocycles. The molecule has 168 valence electrons. The average molecular weight is 485 g/mol. The summed E-state index contributed by atoms with van der Waals surface area (Å²) in [5.41, 5.74) is 0.197. The van der Waals surface area contributed by atoms with Gasteiger partial charge in [0.1, 0.15) is 4.32 Å². The van der Waals surface area contributed by atoms with Gasteiger partial charge in [-0.3, -0.25) is 4.79 Å². The van der Waals surface area contributed by atoms with Crippen molar-refractivity contribution >= 4 is 56.0 Å². The van der Waals surface area contributed by atoms with E-state index in [-0.39, 0.29) is 22.1 Å². The van der Waals surface area contributed by atoms with E-state index in [1.807, 2.05) is 30.3 Å². The normalized spacial score (nSPS) is 24.1. The molecule has 0 saturated heterocycles. The fraction of sp³-hybridized carbons (Fsp3) is 0.652. The molecule has 1 aliphatic carbocycles. The van der Waals surface area contributed by atoms with E-state index < -0.39 is 0 Å². The summed E-state index contributed by atoms with van der Waals surface area (Å²) in [7, 11) is 2.81. The maximum Gasteiger partial charge on any atom is 0.290 e. The third-order valence-electron chi connectivity index (χ3n) is 5.91. The van der Waals surface area contributed by atoms with Crippen LogP contribution in [0.1, 0.15) is 72.6 Å². The van der Waals surface area contributed by atoms with Crippen molar-refractivity contribution in [2.75, 3.05) is 0 Å². The first-order valence-electron chi connectivity index (χ1n) is 10.8. The number of hydrogen-bond acceptors (Lipinski definition) is 4. The number of rotatable bonds is 9. The summed E-state index contributed by atoms with van der Waals surface area (Å²) in [6.07, 6.45) is 7.67. The minimum atomic E-state index is 0.0132. The van der Waals surface area contributed by atoms with E-state index in [2.05, 4.69) is 51.0 Å². The van der Waals surface area contributed by atoms with Crippen LogP contribution in [0.5, 0.6) is 0 Å². The average Bonchev–Trinajstić information content (AvgIpc) is 2.64. The first kappa shape index (κ1) is 25.9. The van der Waals surface area contributed by atoms with Crippen molar-refractivity contribution in [1.29, 1.82) is 0 Å². The second-order valence-corrected chi connectivity index (χ2v) is 12.8. The Bertz CT molecular complexity index is 698. The quantitative estimate of drug-likeness (QED) is 0.147. The maximum atomic E-state index is 12.8. The van der Waals surface area contributed by atoms with E-state index in [9.17, 15) is 4.79 Å². The number of hydrogen-bond donors (Lipinski definition) is 3. The first-order valence-corrected chi connectivity index (χ1v) is 13.8. The minimum absolute atomic E-state index is 0.0132. The van der Waals surface area contributed by atoms with Crippen LogP contribution in [0.2, 0.25) is 0 Å². The molecule has 0 radical (unpaired) electrons. The Morgan fingerprint density at radius 3 is 2.57 bits per heavy atom. The zero-order chi connectivity index (χ0) is 22.2. The summed E-state index contributed by atoms with van der Waals surface area (Å²) in [5.74, 6) is 0. The van der Waals surface area contributed by atoms with Crippen molar-refractivity contribution in [2.24, 2.45) is 10.8 Å². The van der Waals surface area contributed by atoms with E-state index in [1.165, 1.54) is 34.4 Å². The van der Waals surface area contributed by atoms with Crippen LogP contribution in [0.4, 0.5) is 4.79 Å². The van der Waals surface area contributed by atoms with Crippen LogP contribution in [0.15, 0.2) is 35.2 Å². The molecule has 0 aromatic heterocycles. The van der Waals surface area contributed by atoms with Gasteiger partial charge in [0.25, 0.3) is 5.24 Å². The van der Waals surface area contributed by atoms with Crippen molar-refractivity contribution in [1.82, 2.24) is 10.6 Å². The highest BCUT2D eigenvalue weighted by molar-refractivity contribution is 8.82. The lowest BCUT2D eigenvalue weighted by Crippen LogP contribution is -2.54. The van der Waals surface area contributed by atoms with Crippen LogP contribution in [-0.4, -0.2) is 21.6 Å². The van der Waals surface area contributed by atoms with Crippen molar-refractivity contribution in [3.05, 3.63) is 30.3 Å². The summed E-state index contributed by atoms with van der Waals surface area (Å²) in [6, 6.07) is 10.5. The molecule has 0 aliphatic heterocycles. The molecule has 7 heteroatoms. The van der Waals surface area contributed by atoms with Gasteiger partial charge in [-0.1, -0.05) is 77.4 Å². The second kappa shape index (κ2) is 12.0. The third kappa shape index (κ3) is 8.64. The lowest BCUT2D eigenvalue weighted by molar-refractivity contribution is 0.0445. The van der Waals surface area contributed by atoms with Crippen LogP contribution in [0.25, 0.3) is 0 Å². The summed E-state index contributed by atoms with van der Waals surface area (Å²) in [4.78, 5) is 13.9. The Morgan fingerprint density at radius 1 is 1.23 bits per heavy atom. The van der Waals surface area contributed by atoms with Gasteiger partial charge in [-0.05, 0) is 59.4 Å². The topological polar surface area (TPSA) is 41.1 Å². The minimum Gasteiger partial charge on any atom is -0.368 e. The highest BCUT2D eigenvalue weighted by Crippen LogP contribution is 2.49. The van der Waals surface area contributed by atoms with Gasteiger partial charge in [0.05, 0.1) is 0 Å². The number of thiol groups is 1. The Kier molecular flexibility index (Phi) is 10.4. The van der Waals surface area contributed by atoms with Gasteiger partial charge >= 0.3 is 0 Å². The monoisotopic (exact) mass is 484 g/mol. The zero-order valence-electron chi connectivity index (χ0n) is 18.6. The van der Waals surface area contributed by atoms with Gasteiger partial charge in [0, 0.05) is 27.8 Å². The molecule has 1 fully saturated rings.